The summed E-state index contributed by atoms with van der Waals surface area (Å²) in [4.78, 5) is 19.0. The van der Waals surface area contributed by atoms with E-state index < -0.39 is 0 Å². The molecule has 0 radical (unpaired) electrons. The monoisotopic (exact) mass is 392 g/mol. The van der Waals surface area contributed by atoms with E-state index in [0.29, 0.717) is 9.68 Å². The lowest BCUT2D eigenvalue weighted by Crippen LogP contribution is -2.14. The number of nitrogens with zero attached hydrogens (tertiary/aromatic N) is 2. The van der Waals surface area contributed by atoms with Gasteiger partial charge in [0.05, 0.1) is 10.6 Å². The lowest BCUT2D eigenvalue weighted by atomic mass is 10.1. The van der Waals surface area contributed by atoms with Crippen LogP contribution >= 0.6 is 38.6 Å². The standard InChI is InChI=1S/C16H13BrN2OS2/c1-10-14(11-5-7-12(17)8-6-11)19(2)16(22-10)18-15(20)13-4-3-9-21-13/h3-9H,1-2H3. The summed E-state index contributed by atoms with van der Waals surface area (Å²) in [5.41, 5.74) is 2.21. The summed E-state index contributed by atoms with van der Waals surface area (Å²) in [5.74, 6) is -0.186. The molecule has 0 spiro atoms. The Hall–Kier alpha value is -1.50. The number of aromatic nitrogens is 1. The first-order valence-corrected chi connectivity index (χ1v) is 9.10. The van der Waals surface area contributed by atoms with E-state index in [9.17, 15) is 4.79 Å². The van der Waals surface area contributed by atoms with E-state index in [2.05, 4.69) is 40.0 Å². The second-order valence-corrected chi connectivity index (χ2v) is 7.79. The Kier molecular flexibility index (Phi) is 4.42. The van der Waals surface area contributed by atoms with Gasteiger partial charge in [-0.3, -0.25) is 4.79 Å². The molecule has 0 unspecified atom stereocenters. The largest absolute Gasteiger partial charge is 0.319 e. The highest BCUT2D eigenvalue weighted by Gasteiger charge is 2.12. The second-order valence-electron chi connectivity index (χ2n) is 4.75. The zero-order valence-electron chi connectivity index (χ0n) is 12.0. The zero-order chi connectivity index (χ0) is 15.7. The van der Waals surface area contributed by atoms with Crippen molar-refractivity contribution in [2.45, 2.75) is 6.92 Å². The highest BCUT2D eigenvalue weighted by Crippen LogP contribution is 2.26. The first-order chi connectivity index (χ1) is 10.6. The molecule has 3 aromatic rings. The summed E-state index contributed by atoms with van der Waals surface area (Å²) in [7, 11) is 1.95. The van der Waals surface area contributed by atoms with E-state index in [4.69, 9.17) is 0 Å². The number of thiophene rings is 1. The third kappa shape index (κ3) is 2.99. The number of carbonyl (C=O) groups is 1. The van der Waals surface area contributed by atoms with Crippen molar-refractivity contribution in [2.24, 2.45) is 12.0 Å². The molecule has 0 saturated carbocycles. The Labute approximate surface area is 144 Å². The molecule has 0 saturated heterocycles. The molecular weight excluding hydrogens is 380 g/mol. The molecule has 0 aliphatic carbocycles. The van der Waals surface area contributed by atoms with Gasteiger partial charge >= 0.3 is 0 Å². The van der Waals surface area contributed by atoms with Crippen molar-refractivity contribution in [3.05, 3.63) is 60.8 Å². The predicted molar refractivity (Wildman–Crippen MR) is 95.4 cm³/mol. The van der Waals surface area contributed by atoms with Crippen LogP contribution < -0.4 is 4.80 Å². The van der Waals surface area contributed by atoms with Crippen LogP contribution in [0.4, 0.5) is 0 Å². The van der Waals surface area contributed by atoms with E-state index in [1.165, 1.54) is 22.7 Å². The summed E-state index contributed by atoms with van der Waals surface area (Å²) >= 11 is 6.39. The number of hydrogen-bond donors (Lipinski definition) is 0. The quantitative estimate of drug-likeness (QED) is 0.625. The average molecular weight is 393 g/mol. The van der Waals surface area contributed by atoms with Crippen molar-refractivity contribution in [3.63, 3.8) is 0 Å². The molecule has 0 fully saturated rings. The van der Waals surface area contributed by atoms with Gasteiger partial charge in [0.2, 0.25) is 0 Å². The Morgan fingerprint density at radius 3 is 2.59 bits per heavy atom. The molecule has 0 atom stereocenters. The van der Waals surface area contributed by atoms with Crippen LogP contribution in [0, 0.1) is 6.92 Å². The van der Waals surface area contributed by atoms with Gasteiger partial charge in [-0.2, -0.15) is 4.99 Å². The molecule has 1 amide bonds. The van der Waals surface area contributed by atoms with Crippen molar-refractivity contribution in [1.29, 1.82) is 0 Å². The van der Waals surface area contributed by atoms with Gasteiger partial charge in [0.1, 0.15) is 0 Å². The van der Waals surface area contributed by atoms with Gasteiger partial charge in [-0.05, 0) is 36.1 Å². The van der Waals surface area contributed by atoms with Gasteiger partial charge in [-0.15, -0.1) is 22.7 Å². The van der Waals surface area contributed by atoms with Crippen molar-refractivity contribution >= 4 is 44.5 Å². The Bertz CT molecular complexity index is 874. The van der Waals surface area contributed by atoms with Crippen LogP contribution in [0.25, 0.3) is 11.3 Å². The summed E-state index contributed by atoms with van der Waals surface area (Å²) < 4.78 is 3.03. The molecule has 2 heterocycles. The Morgan fingerprint density at radius 1 is 1.23 bits per heavy atom. The first-order valence-electron chi connectivity index (χ1n) is 6.61. The van der Waals surface area contributed by atoms with Gasteiger partial charge in [-0.25, -0.2) is 0 Å². The van der Waals surface area contributed by atoms with Crippen molar-refractivity contribution in [2.75, 3.05) is 0 Å². The van der Waals surface area contributed by atoms with E-state index in [1.807, 2.05) is 35.2 Å². The number of hydrogen-bond acceptors (Lipinski definition) is 3. The van der Waals surface area contributed by atoms with Gasteiger partial charge in [0, 0.05) is 16.4 Å². The number of halogens is 1. The van der Waals surface area contributed by atoms with E-state index in [0.717, 1.165) is 20.6 Å². The van der Waals surface area contributed by atoms with Crippen LogP contribution in [0.5, 0.6) is 0 Å². The fourth-order valence-corrected chi connectivity index (χ4v) is 4.08. The molecule has 2 aromatic heterocycles. The summed E-state index contributed by atoms with van der Waals surface area (Å²) in [5, 5.41) is 1.88. The molecule has 6 heteroatoms. The SMILES string of the molecule is Cc1sc(=NC(=O)c2cccs2)n(C)c1-c1ccc(Br)cc1. The minimum Gasteiger partial charge on any atom is -0.319 e. The van der Waals surface area contributed by atoms with Crippen LogP contribution in [-0.2, 0) is 7.05 Å². The van der Waals surface area contributed by atoms with Crippen LogP contribution in [0.2, 0.25) is 0 Å². The van der Waals surface area contributed by atoms with E-state index in [-0.39, 0.29) is 5.91 Å². The normalized spacial score (nSPS) is 11.9. The molecule has 3 nitrogen and oxygen atoms in total. The summed E-state index contributed by atoms with van der Waals surface area (Å²) in [6.45, 7) is 2.05. The maximum atomic E-state index is 12.2. The molecule has 0 aliphatic rings. The Morgan fingerprint density at radius 2 is 1.95 bits per heavy atom. The highest BCUT2D eigenvalue weighted by atomic mass is 79.9. The third-order valence-electron chi connectivity index (χ3n) is 3.25. The number of thiazole rings is 1. The smallest absolute Gasteiger partial charge is 0.289 e. The molecular formula is C16H13BrN2OS2. The van der Waals surface area contributed by atoms with Crippen molar-refractivity contribution in [3.8, 4) is 11.3 Å². The number of rotatable bonds is 2. The van der Waals surface area contributed by atoms with Gasteiger partial charge < -0.3 is 4.57 Å². The fraction of sp³-hybridized carbons (Fsp3) is 0.125. The number of carbonyl (C=O) groups excluding carboxylic acids is 1. The highest BCUT2D eigenvalue weighted by molar-refractivity contribution is 9.10. The second kappa shape index (κ2) is 6.32. The van der Waals surface area contributed by atoms with Crippen molar-refractivity contribution < 1.29 is 4.79 Å². The minimum absolute atomic E-state index is 0.186. The Balaban J connectivity index is 2.07. The van der Waals surface area contributed by atoms with Crippen LogP contribution in [0.15, 0.2) is 51.2 Å². The van der Waals surface area contributed by atoms with E-state index >= 15 is 0 Å². The average Bonchev–Trinajstić information content (AvgIpc) is 3.10. The topological polar surface area (TPSA) is 34.4 Å². The van der Waals surface area contributed by atoms with Gasteiger partial charge in [0.15, 0.2) is 4.80 Å². The van der Waals surface area contributed by atoms with E-state index in [1.54, 1.807) is 6.07 Å². The maximum absolute atomic E-state index is 12.2. The molecule has 3 rings (SSSR count). The minimum atomic E-state index is -0.186. The van der Waals surface area contributed by atoms with Gasteiger partial charge in [-0.1, -0.05) is 34.1 Å². The first kappa shape index (κ1) is 15.4. The van der Waals surface area contributed by atoms with Crippen LogP contribution in [-0.4, -0.2) is 10.5 Å². The lowest BCUT2D eigenvalue weighted by molar-refractivity contribution is 0.100. The molecule has 0 N–H and O–H groups in total. The molecule has 0 aliphatic heterocycles. The summed E-state index contributed by atoms with van der Waals surface area (Å²) in [6, 6.07) is 11.8. The molecule has 0 bridgehead atoms. The fourth-order valence-electron chi connectivity index (χ4n) is 2.23. The molecule has 22 heavy (non-hydrogen) atoms. The van der Waals surface area contributed by atoms with Gasteiger partial charge in [0.25, 0.3) is 5.91 Å². The maximum Gasteiger partial charge on any atom is 0.289 e. The molecule has 112 valence electrons. The van der Waals surface area contributed by atoms with Crippen LogP contribution in [0.3, 0.4) is 0 Å². The number of benzene rings is 1. The van der Waals surface area contributed by atoms with Crippen molar-refractivity contribution in [1.82, 2.24) is 4.57 Å². The number of amides is 1. The van der Waals surface area contributed by atoms with Crippen LogP contribution in [0.1, 0.15) is 14.5 Å². The zero-order valence-corrected chi connectivity index (χ0v) is 15.3. The third-order valence-corrected chi connectivity index (χ3v) is 5.68. The summed E-state index contributed by atoms with van der Waals surface area (Å²) in [6.07, 6.45) is 0. The number of aryl methyl sites for hydroxylation is 1. The lowest BCUT2D eigenvalue weighted by Gasteiger charge is -2.04. The predicted octanol–water partition coefficient (Wildman–Crippen LogP) is 4.63. The molecule has 1 aromatic carbocycles.